The number of nitrogens with zero attached hydrogens (tertiary/aromatic N) is 3. The number of nitrogens with one attached hydrogen (secondary N) is 3. The summed E-state index contributed by atoms with van der Waals surface area (Å²) in [6.07, 6.45) is -0.277. The van der Waals surface area contributed by atoms with Crippen LogP contribution in [0.3, 0.4) is 0 Å². The molecule has 4 amide bonds. The Kier molecular flexibility index (Phi) is 11.2. The number of methoxy groups -OCH3 is 1. The molecule has 2 saturated carbocycles. The number of benzene rings is 1. The van der Waals surface area contributed by atoms with Gasteiger partial charge in [0.15, 0.2) is 11.4 Å². The van der Waals surface area contributed by atoms with Crippen molar-refractivity contribution in [2.45, 2.75) is 144 Å². The standard InChI is InChI=1S/C43H53F5N6O9S/c1-38(2,3)63-37(58)50-28-12-10-8-6-7-9-11-24-18-42(24,36(57)52-64(59,60)39(4)15-16-39)51-34(55)30-20-40(21-54(30)35(28)56)19-29(53-22-41(44,45)23-53)31-26-17-25(61-5)13-14-27(26)49-33(32(31)62-40)43(46,47)48/h9,11,13-14,17,24,28-30H,6-8,10,12,15-16,18-23H2,1-5H3,(H,50,58)(H,51,55)(H,52,57)/b11-9-/t24-,28+,29+,30+,40-,42-/m1/s1. The van der Waals surface area contributed by atoms with Gasteiger partial charge in [0.05, 0.1) is 37.0 Å². The SMILES string of the molecule is COc1ccc2nc(C(F)(F)F)c3c(c2c1)[C@@H](N1CC(F)(F)C1)C[C@]1(C[C@H]2C(=O)N[C@]4(C(=O)NS(=O)(=O)C5(C)CC5)C[C@H]4/C=C\CCCCC[C@H](NC(=O)OC(C)(C)C)C(=O)N2C1)O3. The van der Waals surface area contributed by atoms with Gasteiger partial charge in [-0.15, -0.1) is 0 Å². The third-order valence-corrected chi connectivity index (χ3v) is 15.4. The summed E-state index contributed by atoms with van der Waals surface area (Å²) in [6, 6.07) is 0.148. The van der Waals surface area contributed by atoms with Crippen molar-refractivity contribution in [3.63, 3.8) is 0 Å². The molecule has 1 aromatic carbocycles. The van der Waals surface area contributed by atoms with Crippen LogP contribution in [0.5, 0.6) is 11.5 Å². The van der Waals surface area contributed by atoms with Crippen LogP contribution in [0.1, 0.15) is 109 Å². The van der Waals surface area contributed by atoms with Crippen LogP contribution in [0.4, 0.5) is 26.7 Å². The van der Waals surface area contributed by atoms with Crippen LogP contribution in [-0.4, -0.2) is 113 Å². The normalized spacial score (nSPS) is 30.8. The van der Waals surface area contributed by atoms with Crippen molar-refractivity contribution >= 4 is 44.7 Å². The van der Waals surface area contributed by atoms with Crippen molar-refractivity contribution in [1.82, 2.24) is 30.1 Å². The lowest BCUT2D eigenvalue weighted by atomic mass is 9.81. The molecule has 1 aromatic heterocycles. The van der Waals surface area contributed by atoms with E-state index in [1.807, 2.05) is 6.08 Å². The van der Waals surface area contributed by atoms with Crippen LogP contribution in [0.25, 0.3) is 10.9 Å². The predicted molar refractivity (Wildman–Crippen MR) is 220 cm³/mol. The summed E-state index contributed by atoms with van der Waals surface area (Å²) in [6.45, 7) is 4.24. The molecule has 64 heavy (non-hydrogen) atoms. The van der Waals surface area contributed by atoms with Gasteiger partial charge in [-0.05, 0) is 84.4 Å². The van der Waals surface area contributed by atoms with E-state index in [1.165, 1.54) is 37.1 Å². The maximum atomic E-state index is 15.1. The molecule has 15 nitrogen and oxygen atoms in total. The van der Waals surface area contributed by atoms with E-state index < -0.39 is 129 Å². The van der Waals surface area contributed by atoms with Gasteiger partial charge in [-0.1, -0.05) is 25.0 Å². The van der Waals surface area contributed by atoms with Crippen molar-refractivity contribution in [3.05, 3.63) is 41.6 Å². The lowest BCUT2D eigenvalue weighted by Gasteiger charge is -2.50. The highest BCUT2D eigenvalue weighted by atomic mass is 32.2. The number of halogens is 5. The van der Waals surface area contributed by atoms with Crippen molar-refractivity contribution < 1.29 is 63.8 Å². The summed E-state index contributed by atoms with van der Waals surface area (Å²) in [5.74, 6) is -7.01. The monoisotopic (exact) mass is 924 g/mol. The van der Waals surface area contributed by atoms with Gasteiger partial charge in [-0.25, -0.2) is 27.0 Å². The molecule has 350 valence electrons. The van der Waals surface area contributed by atoms with E-state index in [2.05, 4.69) is 20.3 Å². The Labute approximate surface area is 367 Å². The first-order chi connectivity index (χ1) is 29.8. The first kappa shape index (κ1) is 45.8. The molecule has 4 aliphatic heterocycles. The molecule has 3 N–H and O–H groups in total. The van der Waals surface area contributed by atoms with Crippen LogP contribution in [0, 0.1) is 5.92 Å². The summed E-state index contributed by atoms with van der Waals surface area (Å²) in [4.78, 5) is 63.5. The van der Waals surface area contributed by atoms with E-state index in [0.29, 0.717) is 38.5 Å². The highest BCUT2D eigenvalue weighted by Crippen LogP contribution is 2.56. The number of hydrogen-bond donors (Lipinski definition) is 3. The number of rotatable bonds is 6. The van der Waals surface area contributed by atoms with E-state index in [1.54, 1.807) is 26.8 Å². The second-order valence-corrected chi connectivity index (χ2v) is 21.7. The number of pyridine rings is 1. The fourth-order valence-corrected chi connectivity index (χ4v) is 10.8. The van der Waals surface area contributed by atoms with Gasteiger partial charge < -0.3 is 29.7 Å². The zero-order valence-corrected chi connectivity index (χ0v) is 37.0. The number of carbonyl (C=O) groups excluding carboxylic acids is 4. The molecule has 0 unspecified atom stereocenters. The zero-order chi connectivity index (χ0) is 46.4. The minimum Gasteiger partial charge on any atom is -0.497 e. The molecule has 6 aliphatic rings. The van der Waals surface area contributed by atoms with Gasteiger partial charge in [-0.3, -0.25) is 24.0 Å². The molecule has 6 atom stereocenters. The first-order valence-electron chi connectivity index (χ1n) is 21.5. The third kappa shape index (κ3) is 8.69. The maximum absolute atomic E-state index is 15.1. The quantitative estimate of drug-likeness (QED) is 0.240. The average Bonchev–Trinajstić information content (AvgIpc) is 4.08. The van der Waals surface area contributed by atoms with Gasteiger partial charge in [-0.2, -0.15) is 13.2 Å². The molecule has 8 rings (SSSR count). The van der Waals surface area contributed by atoms with Crippen molar-refractivity contribution in [1.29, 1.82) is 0 Å². The summed E-state index contributed by atoms with van der Waals surface area (Å²) in [5.41, 5.74) is -6.18. The highest BCUT2D eigenvalue weighted by Gasteiger charge is 2.65. The fourth-order valence-electron chi connectivity index (χ4n) is 9.45. The third-order valence-electron chi connectivity index (χ3n) is 13.3. The van der Waals surface area contributed by atoms with Gasteiger partial charge in [0, 0.05) is 35.8 Å². The topological polar surface area (TPSA) is 186 Å². The van der Waals surface area contributed by atoms with E-state index >= 15 is 13.2 Å². The molecule has 0 bridgehead atoms. The summed E-state index contributed by atoms with van der Waals surface area (Å²) < 4.78 is 120. The Morgan fingerprint density at radius 3 is 2.34 bits per heavy atom. The number of sulfonamides is 1. The van der Waals surface area contributed by atoms with Crippen molar-refractivity contribution in [3.8, 4) is 11.5 Å². The lowest BCUT2D eigenvalue weighted by molar-refractivity contribution is -0.161. The zero-order valence-electron chi connectivity index (χ0n) is 36.2. The van der Waals surface area contributed by atoms with Crippen LogP contribution in [0.2, 0.25) is 0 Å². The molecule has 2 saturated heterocycles. The number of likely N-dealkylation sites (tertiary alicyclic amines) is 1. The Hall–Kier alpha value is -4.79. The first-order valence-corrected chi connectivity index (χ1v) is 23.0. The lowest BCUT2D eigenvalue weighted by Crippen LogP contribution is -2.60. The van der Waals surface area contributed by atoms with Gasteiger partial charge in [0.2, 0.25) is 21.8 Å². The van der Waals surface area contributed by atoms with Crippen molar-refractivity contribution in [2.75, 3.05) is 26.7 Å². The maximum Gasteiger partial charge on any atom is 0.437 e. The smallest absolute Gasteiger partial charge is 0.437 e. The number of alkyl carbamates (subject to hydrolysis) is 1. The number of amides is 4. The Morgan fingerprint density at radius 2 is 1.70 bits per heavy atom. The van der Waals surface area contributed by atoms with Crippen molar-refractivity contribution in [2.24, 2.45) is 5.92 Å². The number of aromatic nitrogens is 1. The number of alkyl halides is 5. The van der Waals surface area contributed by atoms with E-state index in [9.17, 15) is 36.4 Å². The van der Waals surface area contributed by atoms with E-state index in [4.69, 9.17) is 14.2 Å². The Bertz CT molecular complexity index is 2400. The fraction of sp³-hybridized carbons (Fsp3) is 0.651. The van der Waals surface area contributed by atoms with E-state index in [0.717, 1.165) is 4.90 Å². The summed E-state index contributed by atoms with van der Waals surface area (Å²) in [7, 11) is -2.81. The number of allylic oxidation sites excluding steroid dienone is 1. The van der Waals surface area contributed by atoms with Crippen LogP contribution in [-0.2, 0) is 35.3 Å². The van der Waals surface area contributed by atoms with Crippen LogP contribution < -0.4 is 24.8 Å². The summed E-state index contributed by atoms with van der Waals surface area (Å²) in [5, 5.41) is 5.53. The largest absolute Gasteiger partial charge is 0.497 e. The molecular weight excluding hydrogens is 872 g/mol. The second-order valence-electron chi connectivity index (χ2n) is 19.5. The molecule has 21 heteroatoms. The van der Waals surface area contributed by atoms with E-state index in [-0.39, 0.29) is 41.5 Å². The number of carbonyl (C=O) groups is 4. The minimum absolute atomic E-state index is 0.00815. The van der Waals surface area contributed by atoms with Gasteiger partial charge in [0.1, 0.15) is 34.6 Å². The molecule has 2 aliphatic carbocycles. The van der Waals surface area contributed by atoms with Gasteiger partial charge in [0.25, 0.3) is 11.8 Å². The number of hydrogen-bond acceptors (Lipinski definition) is 11. The predicted octanol–water partition coefficient (Wildman–Crippen LogP) is 5.66. The Morgan fingerprint density at radius 1 is 1.00 bits per heavy atom. The molecule has 2 aromatic rings. The molecule has 0 radical (unpaired) electrons. The highest BCUT2D eigenvalue weighted by molar-refractivity contribution is 7.91. The second kappa shape index (κ2) is 15.7. The minimum atomic E-state index is -5.12. The van der Waals surface area contributed by atoms with Crippen LogP contribution >= 0.6 is 0 Å². The number of ether oxygens (including phenoxy) is 3. The van der Waals surface area contributed by atoms with Gasteiger partial charge >= 0.3 is 12.3 Å². The molecular formula is C43H53F5N6O9S. The molecule has 5 heterocycles. The summed E-state index contributed by atoms with van der Waals surface area (Å²) >= 11 is 0. The molecule has 1 spiro atoms. The average molecular weight is 925 g/mol. The molecule has 4 fully saturated rings. The Balaban J connectivity index is 1.23. The number of fused-ring (bicyclic) bond motifs is 5. The van der Waals surface area contributed by atoms with Crippen LogP contribution in [0.15, 0.2) is 30.4 Å².